The van der Waals surface area contributed by atoms with Gasteiger partial charge in [0.15, 0.2) is 4.77 Å². The van der Waals surface area contributed by atoms with Crippen LogP contribution in [-0.2, 0) is 0 Å². The molecule has 7 heteroatoms. The molecule has 0 aliphatic carbocycles. The summed E-state index contributed by atoms with van der Waals surface area (Å²) in [5.41, 5.74) is 4.40. The third kappa shape index (κ3) is 5.50. The molecule has 0 amide bonds. The lowest BCUT2D eigenvalue weighted by molar-refractivity contribution is 1.11. The summed E-state index contributed by atoms with van der Waals surface area (Å²) in [6, 6.07) is 20.2. The molecule has 0 unspecified atom stereocenters. The zero-order valence-corrected chi connectivity index (χ0v) is 14.0. The summed E-state index contributed by atoms with van der Waals surface area (Å²) >= 11 is 4.92. The minimum Gasteiger partial charge on any atom is -0.345 e. The summed E-state index contributed by atoms with van der Waals surface area (Å²) < 4.78 is 0.661. The average Bonchev–Trinajstić information content (AvgIpc) is 3.29. The van der Waals surface area contributed by atoms with E-state index in [1.807, 2.05) is 73.1 Å². The van der Waals surface area contributed by atoms with Crippen LogP contribution in [-0.4, -0.2) is 19.9 Å². The van der Waals surface area contributed by atoms with E-state index in [-0.39, 0.29) is 9.41 Å². The summed E-state index contributed by atoms with van der Waals surface area (Å²) in [4.78, 5) is 13.0. The summed E-state index contributed by atoms with van der Waals surface area (Å²) in [5.74, 6) is 0. The second kappa shape index (κ2) is 9.94. The van der Waals surface area contributed by atoms with Crippen LogP contribution in [0, 0.1) is 4.77 Å². The van der Waals surface area contributed by atoms with Gasteiger partial charge in [0.05, 0.1) is 23.9 Å². The molecule has 0 aliphatic rings. The predicted molar refractivity (Wildman–Crippen MR) is 100 cm³/mol. The molecule has 2 aromatic heterocycles. The summed E-state index contributed by atoms with van der Waals surface area (Å²) in [6.45, 7) is 0. The lowest BCUT2D eigenvalue weighted by Gasteiger charge is -1.93. The number of aromatic nitrogens is 4. The minimum atomic E-state index is 0. The van der Waals surface area contributed by atoms with Gasteiger partial charge in [-0.25, -0.2) is 4.98 Å². The smallest absolute Gasteiger partial charge is 0.174 e. The van der Waals surface area contributed by atoms with Gasteiger partial charge >= 0.3 is 0 Å². The van der Waals surface area contributed by atoms with Gasteiger partial charge in [0.2, 0.25) is 0 Å². The van der Waals surface area contributed by atoms with E-state index in [4.69, 9.17) is 12.2 Å². The van der Waals surface area contributed by atoms with Crippen LogP contribution in [0.2, 0.25) is 0 Å². The van der Waals surface area contributed by atoms with E-state index < -0.39 is 0 Å². The van der Waals surface area contributed by atoms with Crippen molar-refractivity contribution < 1.29 is 9.41 Å². The van der Waals surface area contributed by atoms with E-state index in [1.165, 1.54) is 5.56 Å². The molecule has 0 saturated heterocycles. The number of rotatable bonds is 2. The Hall–Kier alpha value is -3.06. The molecule has 0 saturated carbocycles. The molecule has 4 aromatic rings. The van der Waals surface area contributed by atoms with Gasteiger partial charge in [-0.1, -0.05) is 60.7 Å². The molecule has 2 heterocycles. The lowest BCUT2D eigenvalue weighted by atomic mass is 10.2. The molecule has 0 spiro atoms. The van der Waals surface area contributed by atoms with Crippen LogP contribution in [0.3, 0.4) is 0 Å². The van der Waals surface area contributed by atoms with Gasteiger partial charge < -0.3 is 15.0 Å². The Morgan fingerprint density at radius 1 is 0.720 bits per heavy atom. The molecule has 3 N–H and O–H groups in total. The van der Waals surface area contributed by atoms with Crippen molar-refractivity contribution >= 4 is 12.2 Å². The van der Waals surface area contributed by atoms with Crippen LogP contribution < -0.4 is 0 Å². The quantitative estimate of drug-likeness (QED) is 0.435. The molecule has 0 fully saturated rings. The third-order valence-corrected chi connectivity index (χ3v) is 3.48. The predicted octanol–water partition coefficient (Wildman–Crippen LogP) is 5.12. The molecule has 0 aliphatic heterocycles. The highest BCUT2D eigenvalue weighted by atomic mass is 32.1. The molecule has 25 heavy (non-hydrogen) atoms. The number of nitrogens with zero attached hydrogens (tertiary/aromatic N) is 1. The summed E-state index contributed by atoms with van der Waals surface area (Å²) in [6.07, 6.45) is 5.37. The van der Waals surface area contributed by atoms with Crippen LogP contribution >= 0.6 is 12.2 Å². The van der Waals surface area contributed by atoms with Gasteiger partial charge in [-0.05, 0) is 23.3 Å². The zero-order chi connectivity index (χ0) is 15.9. The Morgan fingerprint density at radius 3 is 1.72 bits per heavy atom. The molecule has 130 valence electrons. The zero-order valence-electron chi connectivity index (χ0n) is 13.2. The van der Waals surface area contributed by atoms with E-state index in [0.29, 0.717) is 4.77 Å². The van der Waals surface area contributed by atoms with Gasteiger partial charge in [-0.2, -0.15) is 0 Å². The number of H-pyrrole nitrogens is 3. The highest BCUT2D eigenvalue weighted by Gasteiger charge is 1.95. The van der Waals surface area contributed by atoms with E-state index in [1.54, 1.807) is 6.33 Å². The first-order chi connectivity index (χ1) is 11.3. The second-order valence-electron chi connectivity index (χ2n) is 4.85. The number of hydrogen-bond acceptors (Lipinski definition) is 2. The molecular weight excluding hydrogens is 342 g/mol. The van der Waals surface area contributed by atoms with Gasteiger partial charge in [0.1, 0.15) is 0 Å². The van der Waals surface area contributed by atoms with Crippen molar-refractivity contribution in [1.29, 1.82) is 0 Å². The number of hydrogen-bond donors (Lipinski definition) is 3. The molecular formula is C18H18F2N4S. The maximum atomic E-state index is 4.92. The van der Waals surface area contributed by atoms with Crippen molar-refractivity contribution in [2.24, 2.45) is 0 Å². The van der Waals surface area contributed by atoms with Gasteiger partial charge in [-0.15, -0.1) is 0 Å². The van der Waals surface area contributed by atoms with Crippen molar-refractivity contribution in [3.05, 3.63) is 84.2 Å². The lowest BCUT2D eigenvalue weighted by Crippen LogP contribution is -1.74. The van der Waals surface area contributed by atoms with E-state index in [9.17, 15) is 0 Å². The Balaban J connectivity index is 0.000000232. The molecule has 0 radical (unpaired) electrons. The fourth-order valence-corrected chi connectivity index (χ4v) is 2.31. The van der Waals surface area contributed by atoms with Crippen LogP contribution in [0.15, 0.2) is 79.4 Å². The van der Waals surface area contributed by atoms with Crippen molar-refractivity contribution in [3.63, 3.8) is 0 Å². The molecule has 2 aromatic carbocycles. The molecule has 4 nitrogen and oxygen atoms in total. The highest BCUT2D eigenvalue weighted by Crippen LogP contribution is 2.14. The van der Waals surface area contributed by atoms with Crippen LogP contribution in [0.4, 0.5) is 9.41 Å². The SMILES string of the molecule is F.F.S=c1[nH]cc(-c2ccccc2)[nH]1.c1ccc(-c2cnc[nH]2)cc1. The van der Waals surface area contributed by atoms with Gasteiger partial charge in [0, 0.05) is 6.20 Å². The Morgan fingerprint density at radius 2 is 1.28 bits per heavy atom. The second-order valence-corrected chi connectivity index (χ2v) is 5.26. The number of aromatic amines is 3. The first-order valence-corrected chi connectivity index (χ1v) is 7.60. The summed E-state index contributed by atoms with van der Waals surface area (Å²) in [5, 5.41) is 0. The Kier molecular flexibility index (Phi) is 7.95. The number of benzene rings is 2. The number of imidazole rings is 2. The molecule has 4 rings (SSSR count). The number of halogens is 2. The Labute approximate surface area is 148 Å². The van der Waals surface area contributed by atoms with Crippen LogP contribution in [0.5, 0.6) is 0 Å². The van der Waals surface area contributed by atoms with E-state index in [0.717, 1.165) is 17.0 Å². The molecule has 0 bridgehead atoms. The monoisotopic (exact) mass is 360 g/mol. The standard InChI is InChI=1S/C9H8N2S.C9H8N2.2FH/c12-9-10-6-8(11-9)7-4-2-1-3-5-7;1-2-4-8(5-3-1)9-6-10-7-11-9;;/h1-6H,(H2,10,11,12);1-7H,(H,10,11);2*1H. The van der Waals surface area contributed by atoms with Crippen LogP contribution in [0.1, 0.15) is 0 Å². The van der Waals surface area contributed by atoms with Crippen molar-refractivity contribution in [3.8, 4) is 22.5 Å². The number of nitrogens with one attached hydrogen (secondary N) is 3. The van der Waals surface area contributed by atoms with Crippen molar-refractivity contribution in [1.82, 2.24) is 19.9 Å². The fourth-order valence-electron chi connectivity index (χ4n) is 2.14. The van der Waals surface area contributed by atoms with Crippen molar-refractivity contribution in [2.45, 2.75) is 0 Å². The molecule has 0 atom stereocenters. The minimum absolute atomic E-state index is 0. The largest absolute Gasteiger partial charge is 0.345 e. The van der Waals surface area contributed by atoms with Gasteiger partial charge in [-0.3, -0.25) is 9.41 Å². The third-order valence-electron chi connectivity index (χ3n) is 3.26. The highest BCUT2D eigenvalue weighted by molar-refractivity contribution is 7.71. The van der Waals surface area contributed by atoms with E-state index in [2.05, 4.69) is 19.9 Å². The normalized spacial score (nSPS) is 9.12. The van der Waals surface area contributed by atoms with Crippen LogP contribution in [0.25, 0.3) is 22.5 Å². The maximum absolute atomic E-state index is 4.92. The van der Waals surface area contributed by atoms with E-state index >= 15 is 0 Å². The topological polar surface area (TPSA) is 60.3 Å². The fraction of sp³-hybridized carbons (Fsp3) is 0. The maximum Gasteiger partial charge on any atom is 0.174 e. The van der Waals surface area contributed by atoms with Gasteiger partial charge in [0.25, 0.3) is 0 Å². The summed E-state index contributed by atoms with van der Waals surface area (Å²) in [7, 11) is 0. The van der Waals surface area contributed by atoms with Crippen molar-refractivity contribution in [2.75, 3.05) is 0 Å². The first kappa shape index (κ1) is 20.0. The Bertz CT molecular complexity index is 888. The average molecular weight is 360 g/mol. The first-order valence-electron chi connectivity index (χ1n) is 7.20.